The maximum absolute atomic E-state index is 14.1. The lowest BCUT2D eigenvalue weighted by Gasteiger charge is -2.49. The normalized spacial score (nSPS) is 49.7. The van der Waals surface area contributed by atoms with Crippen LogP contribution in [0.15, 0.2) is 0 Å². The molecule has 3 fully saturated rings. The molecule has 3 saturated heterocycles. The Hall–Kier alpha value is -1.30. The molecule has 0 bridgehead atoms. The molecule has 5 N–H and O–H groups in total. The molecule has 51 heavy (non-hydrogen) atoms. The molecule has 14 nitrogen and oxygen atoms in total. The summed E-state index contributed by atoms with van der Waals surface area (Å²) >= 11 is 0. The van der Waals surface area contributed by atoms with Crippen molar-refractivity contribution in [1.29, 1.82) is 0 Å². The highest BCUT2D eigenvalue weighted by molar-refractivity contribution is 5.83. The molecule has 0 unspecified atom stereocenters. The van der Waals surface area contributed by atoms with E-state index in [1.54, 1.807) is 41.5 Å². The minimum atomic E-state index is -1.99. The number of methoxy groups -OCH3 is 1. The summed E-state index contributed by atoms with van der Waals surface area (Å²) in [6.07, 6.45) is -9.71. The van der Waals surface area contributed by atoms with Gasteiger partial charge in [-0.25, -0.2) is 0 Å². The van der Waals surface area contributed by atoms with E-state index in [4.69, 9.17) is 28.4 Å². The van der Waals surface area contributed by atoms with Crippen molar-refractivity contribution >= 4 is 11.8 Å². The highest BCUT2D eigenvalue weighted by atomic mass is 16.7. The van der Waals surface area contributed by atoms with Crippen LogP contribution in [0.25, 0.3) is 0 Å². The number of cyclic esters (lactones) is 1. The third-order valence-corrected chi connectivity index (χ3v) is 11.8. The summed E-state index contributed by atoms with van der Waals surface area (Å²) in [5.74, 6) is -4.98. The van der Waals surface area contributed by atoms with Crippen molar-refractivity contribution in [3.63, 3.8) is 0 Å². The Bertz CT molecular complexity index is 1170. The SMILES string of the molecule is CC[C@H]1OC(=O)[C@H](C)[C@@H](O[C@H]2C[C@](C)(OC)[C@@H](O)[C@H](C)O2)[C@H](C)[C@@H](O[C@@H]2O[C@@H](C)C[C@@H](N(C)C)[C@@H]2O)[C@@](C)(O)C[C@@H](C)C(=O)[C@H](C)[C@H](O)[C@]1(C)O. The lowest BCUT2D eigenvalue weighted by molar-refractivity contribution is -0.318. The fourth-order valence-corrected chi connectivity index (χ4v) is 8.41. The molecular weight excluding hydrogens is 666 g/mol. The first kappa shape index (κ1) is 44.1. The Morgan fingerprint density at radius 1 is 0.882 bits per heavy atom. The lowest BCUT2D eigenvalue weighted by Crippen LogP contribution is -2.61. The van der Waals surface area contributed by atoms with Crippen LogP contribution in [-0.2, 0) is 38.0 Å². The number of nitrogens with zero attached hydrogens (tertiary/aromatic N) is 1. The van der Waals surface area contributed by atoms with Gasteiger partial charge in [0.2, 0.25) is 0 Å². The van der Waals surface area contributed by atoms with Gasteiger partial charge in [0.15, 0.2) is 12.6 Å². The van der Waals surface area contributed by atoms with Crippen molar-refractivity contribution < 1.29 is 63.5 Å². The molecule has 3 aliphatic heterocycles. The number of carbonyl (C=O) groups excluding carboxylic acids is 2. The first-order chi connectivity index (χ1) is 23.4. The van der Waals surface area contributed by atoms with E-state index in [2.05, 4.69) is 0 Å². The van der Waals surface area contributed by atoms with Crippen molar-refractivity contribution in [2.75, 3.05) is 21.2 Å². The van der Waals surface area contributed by atoms with E-state index in [-0.39, 0.29) is 31.4 Å². The largest absolute Gasteiger partial charge is 0.459 e. The van der Waals surface area contributed by atoms with Crippen LogP contribution in [0.5, 0.6) is 0 Å². The summed E-state index contributed by atoms with van der Waals surface area (Å²) in [5, 5.41) is 57.6. The highest BCUT2D eigenvalue weighted by Crippen LogP contribution is 2.40. The molecular formula is C37H67NO13. The van der Waals surface area contributed by atoms with E-state index in [9.17, 15) is 35.1 Å². The second-order valence-corrected chi connectivity index (χ2v) is 16.5. The molecule has 0 saturated carbocycles. The Morgan fingerprint density at radius 2 is 1.49 bits per heavy atom. The molecule has 18 atom stereocenters. The number of hydrogen-bond donors (Lipinski definition) is 5. The number of Topliss-reactive ketones (excluding diaryl/α,β-unsaturated/α-hetero) is 1. The summed E-state index contributed by atoms with van der Waals surface area (Å²) in [4.78, 5) is 29.8. The second kappa shape index (κ2) is 17.0. The number of hydrogen-bond acceptors (Lipinski definition) is 14. The van der Waals surface area contributed by atoms with Gasteiger partial charge in [-0.15, -0.1) is 0 Å². The van der Waals surface area contributed by atoms with E-state index in [0.717, 1.165) is 0 Å². The average molecular weight is 734 g/mol. The van der Waals surface area contributed by atoms with Crippen LogP contribution in [0, 0.1) is 23.7 Å². The molecule has 0 amide bonds. The predicted molar refractivity (Wildman–Crippen MR) is 186 cm³/mol. The average Bonchev–Trinajstić information content (AvgIpc) is 3.05. The molecule has 0 spiro atoms. The Morgan fingerprint density at radius 3 is 2.04 bits per heavy atom. The summed E-state index contributed by atoms with van der Waals surface area (Å²) in [6, 6.07) is -0.324. The van der Waals surface area contributed by atoms with E-state index < -0.39 is 108 Å². The summed E-state index contributed by atoms with van der Waals surface area (Å²) in [7, 11) is 5.18. The van der Waals surface area contributed by atoms with Crippen LogP contribution in [0.1, 0.15) is 94.9 Å². The maximum atomic E-state index is 14.1. The monoisotopic (exact) mass is 733 g/mol. The van der Waals surface area contributed by atoms with Crippen molar-refractivity contribution in [3.8, 4) is 0 Å². The standard InChI is InChI=1S/C37H67NO13/c1-14-25-37(10,45)30(41)20(4)27(39)18(2)16-35(8,44)32(51-34-28(40)24(38(11)12)15-19(3)47-34)21(5)29(22(6)33(43)49-25)50-26-17-36(9,46-13)31(42)23(7)48-26/h18-26,28-32,34,40-42,44-45H,14-17H2,1-13H3/t18-,19+,20+,21+,22-,23+,24-,25-,26+,28+,29+,30+,31+,32-,34+,35+,36+,37-/m1/s1. The minimum absolute atomic E-state index is 0.0936. The van der Waals surface area contributed by atoms with E-state index in [0.29, 0.717) is 6.42 Å². The molecule has 3 heterocycles. The van der Waals surface area contributed by atoms with Gasteiger partial charge in [0, 0.05) is 37.3 Å². The van der Waals surface area contributed by atoms with Crippen LogP contribution in [0.4, 0.5) is 0 Å². The number of aliphatic hydroxyl groups excluding tert-OH is 3. The minimum Gasteiger partial charge on any atom is -0.459 e. The van der Waals surface area contributed by atoms with Crippen molar-refractivity contribution in [2.24, 2.45) is 23.7 Å². The van der Waals surface area contributed by atoms with Crippen molar-refractivity contribution in [3.05, 3.63) is 0 Å². The molecule has 0 radical (unpaired) electrons. The molecule has 3 rings (SSSR count). The van der Waals surface area contributed by atoms with E-state index in [1.807, 2.05) is 25.9 Å². The Kier molecular flexibility index (Phi) is 14.7. The molecule has 298 valence electrons. The van der Waals surface area contributed by atoms with Gasteiger partial charge in [-0.2, -0.15) is 0 Å². The van der Waals surface area contributed by atoms with Crippen LogP contribution in [-0.4, -0.2) is 148 Å². The second-order valence-electron chi connectivity index (χ2n) is 16.5. The number of aliphatic hydroxyl groups is 5. The molecule has 14 heteroatoms. The summed E-state index contributed by atoms with van der Waals surface area (Å²) in [6.45, 7) is 16.3. The van der Waals surface area contributed by atoms with Gasteiger partial charge in [-0.05, 0) is 74.9 Å². The molecule has 0 aliphatic carbocycles. The van der Waals surface area contributed by atoms with E-state index in [1.165, 1.54) is 27.9 Å². The third-order valence-electron chi connectivity index (χ3n) is 11.8. The number of ketones is 1. The zero-order chi connectivity index (χ0) is 39.0. The summed E-state index contributed by atoms with van der Waals surface area (Å²) < 4.78 is 37.1. The molecule has 0 aromatic rings. The topological polar surface area (TPSA) is 194 Å². The van der Waals surface area contributed by atoms with Gasteiger partial charge < -0.3 is 58.9 Å². The molecule has 0 aromatic carbocycles. The molecule has 0 aromatic heterocycles. The first-order valence-corrected chi connectivity index (χ1v) is 18.5. The lowest BCUT2D eigenvalue weighted by atomic mass is 9.74. The van der Waals surface area contributed by atoms with Gasteiger partial charge >= 0.3 is 5.97 Å². The Balaban J connectivity index is 2.18. The zero-order valence-electron chi connectivity index (χ0n) is 32.9. The third kappa shape index (κ3) is 9.51. The maximum Gasteiger partial charge on any atom is 0.311 e. The van der Waals surface area contributed by atoms with Crippen LogP contribution in [0.2, 0.25) is 0 Å². The quantitative estimate of drug-likeness (QED) is 0.238. The number of rotatable bonds is 7. The number of ether oxygens (including phenoxy) is 6. The first-order valence-electron chi connectivity index (χ1n) is 18.5. The van der Waals surface area contributed by atoms with Gasteiger partial charge in [-0.1, -0.05) is 27.7 Å². The van der Waals surface area contributed by atoms with Crippen LogP contribution in [0.3, 0.4) is 0 Å². The zero-order valence-corrected chi connectivity index (χ0v) is 32.9. The fraction of sp³-hybridized carbons (Fsp3) is 0.946. The van der Waals surface area contributed by atoms with Gasteiger partial charge in [0.25, 0.3) is 0 Å². The smallest absolute Gasteiger partial charge is 0.311 e. The van der Waals surface area contributed by atoms with Gasteiger partial charge in [0.05, 0.1) is 47.6 Å². The fourth-order valence-electron chi connectivity index (χ4n) is 8.41. The number of carbonyl (C=O) groups is 2. The van der Waals surface area contributed by atoms with Gasteiger partial charge in [0.1, 0.15) is 29.7 Å². The predicted octanol–water partition coefficient (Wildman–Crippen LogP) is 1.79. The van der Waals surface area contributed by atoms with Crippen molar-refractivity contribution in [1.82, 2.24) is 4.90 Å². The Labute approximate surface area is 304 Å². The molecule has 3 aliphatic rings. The van der Waals surface area contributed by atoms with Crippen molar-refractivity contribution in [2.45, 2.75) is 179 Å². The number of esters is 1. The summed E-state index contributed by atoms with van der Waals surface area (Å²) in [5.41, 5.74) is -4.84. The number of likely N-dealkylation sites (N-methyl/N-ethyl adjacent to an activating group) is 1. The van der Waals surface area contributed by atoms with Crippen LogP contribution < -0.4 is 0 Å². The highest BCUT2D eigenvalue weighted by Gasteiger charge is 2.53. The van der Waals surface area contributed by atoms with E-state index >= 15 is 0 Å². The van der Waals surface area contributed by atoms with Gasteiger partial charge in [-0.3, -0.25) is 9.59 Å². The van der Waals surface area contributed by atoms with Crippen LogP contribution >= 0.6 is 0 Å².